The van der Waals surface area contributed by atoms with Gasteiger partial charge in [-0.1, -0.05) is 13.8 Å². The number of amides is 3. The molecule has 0 spiro atoms. The minimum absolute atomic E-state index is 0.0960. The number of nitrogens with one attached hydrogen (secondary N) is 1. The molecule has 26 heavy (non-hydrogen) atoms. The van der Waals surface area contributed by atoms with E-state index in [1.54, 1.807) is 7.11 Å². The molecule has 0 aromatic heterocycles. The highest BCUT2D eigenvalue weighted by atomic mass is 16.5. The maximum absolute atomic E-state index is 12.5. The van der Waals surface area contributed by atoms with Crippen molar-refractivity contribution < 1.29 is 14.3 Å². The molecular formula is C19H28N4O3. The van der Waals surface area contributed by atoms with Gasteiger partial charge in [-0.3, -0.25) is 9.69 Å². The van der Waals surface area contributed by atoms with E-state index in [1.807, 2.05) is 12.1 Å². The van der Waals surface area contributed by atoms with Crippen LogP contribution in [-0.4, -0.2) is 67.7 Å². The van der Waals surface area contributed by atoms with Gasteiger partial charge in [0.25, 0.3) is 5.91 Å². The van der Waals surface area contributed by atoms with Crippen LogP contribution in [0.15, 0.2) is 24.3 Å². The van der Waals surface area contributed by atoms with Gasteiger partial charge in [0.05, 0.1) is 13.8 Å². The zero-order valence-corrected chi connectivity index (χ0v) is 15.8. The summed E-state index contributed by atoms with van der Waals surface area (Å²) in [6.07, 6.45) is 0.687. The lowest BCUT2D eigenvalue weighted by molar-refractivity contribution is -0.129. The molecule has 2 fully saturated rings. The van der Waals surface area contributed by atoms with Gasteiger partial charge in [-0.2, -0.15) is 0 Å². The van der Waals surface area contributed by atoms with Crippen molar-refractivity contribution in [1.29, 1.82) is 0 Å². The zero-order valence-electron chi connectivity index (χ0n) is 15.8. The molecule has 7 nitrogen and oxygen atoms in total. The second-order valence-electron chi connectivity index (χ2n) is 7.34. The van der Waals surface area contributed by atoms with Crippen LogP contribution in [-0.2, 0) is 4.79 Å². The Bertz CT molecular complexity index is 639. The number of benzene rings is 1. The second-order valence-corrected chi connectivity index (χ2v) is 7.34. The number of imide groups is 1. The average Bonchev–Trinajstić information content (AvgIpc) is 2.89. The van der Waals surface area contributed by atoms with Gasteiger partial charge >= 0.3 is 6.03 Å². The monoisotopic (exact) mass is 360 g/mol. The van der Waals surface area contributed by atoms with Crippen molar-refractivity contribution >= 4 is 17.6 Å². The molecule has 142 valence electrons. The summed E-state index contributed by atoms with van der Waals surface area (Å²) in [7, 11) is 1.66. The molecule has 3 amide bonds. The van der Waals surface area contributed by atoms with Gasteiger partial charge in [-0.05, 0) is 36.6 Å². The van der Waals surface area contributed by atoms with Crippen molar-refractivity contribution in [2.75, 3.05) is 44.9 Å². The molecule has 2 aliphatic rings. The van der Waals surface area contributed by atoms with E-state index in [0.717, 1.165) is 37.6 Å². The number of carbonyl (C=O) groups is 2. The summed E-state index contributed by atoms with van der Waals surface area (Å²) in [5.41, 5.74) is 1.16. The van der Waals surface area contributed by atoms with E-state index < -0.39 is 0 Å². The molecule has 2 saturated heterocycles. The number of rotatable bonds is 6. The molecular weight excluding hydrogens is 332 g/mol. The molecule has 0 saturated carbocycles. The Labute approximate surface area is 154 Å². The van der Waals surface area contributed by atoms with E-state index in [-0.39, 0.29) is 18.0 Å². The van der Waals surface area contributed by atoms with Crippen LogP contribution >= 0.6 is 0 Å². The van der Waals surface area contributed by atoms with Gasteiger partial charge in [-0.25, -0.2) is 9.69 Å². The molecule has 3 rings (SSSR count). The molecule has 7 heteroatoms. The minimum Gasteiger partial charge on any atom is -0.497 e. The van der Waals surface area contributed by atoms with Crippen molar-refractivity contribution in [3.05, 3.63) is 24.3 Å². The third kappa shape index (κ3) is 4.09. The summed E-state index contributed by atoms with van der Waals surface area (Å²) in [6.45, 7) is 7.85. The Morgan fingerprint density at radius 2 is 1.77 bits per heavy atom. The number of piperazine rings is 1. The number of methoxy groups -OCH3 is 1. The fourth-order valence-electron chi connectivity index (χ4n) is 3.48. The van der Waals surface area contributed by atoms with Crippen LogP contribution in [0.25, 0.3) is 0 Å². The topological polar surface area (TPSA) is 65.1 Å². The Morgan fingerprint density at radius 3 is 2.35 bits per heavy atom. The van der Waals surface area contributed by atoms with Crippen LogP contribution in [0, 0.1) is 5.92 Å². The second kappa shape index (κ2) is 7.95. The number of nitrogens with zero attached hydrogens (tertiary/aromatic N) is 3. The SMILES string of the molecule is COc1ccc(N2CCN(CN3C(=O)N[C@@H](CC(C)C)C3=O)CC2)cc1. The van der Waals surface area contributed by atoms with Crippen molar-refractivity contribution in [1.82, 2.24) is 15.1 Å². The summed E-state index contributed by atoms with van der Waals surface area (Å²) in [5.74, 6) is 1.13. The maximum atomic E-state index is 12.5. The van der Waals surface area contributed by atoms with E-state index in [0.29, 0.717) is 19.0 Å². The van der Waals surface area contributed by atoms with Crippen LogP contribution < -0.4 is 15.0 Å². The summed E-state index contributed by atoms with van der Waals surface area (Å²) in [5, 5.41) is 2.81. The minimum atomic E-state index is -0.372. The van der Waals surface area contributed by atoms with Gasteiger partial charge in [0.15, 0.2) is 0 Å². The third-order valence-corrected chi connectivity index (χ3v) is 4.97. The molecule has 0 bridgehead atoms. The first kappa shape index (κ1) is 18.5. The lowest BCUT2D eigenvalue weighted by atomic mass is 10.0. The summed E-state index contributed by atoms with van der Waals surface area (Å²) >= 11 is 0. The van der Waals surface area contributed by atoms with Gasteiger partial charge < -0.3 is 15.0 Å². The molecule has 0 radical (unpaired) electrons. The van der Waals surface area contributed by atoms with Crippen LogP contribution in [0.2, 0.25) is 0 Å². The quantitative estimate of drug-likeness (QED) is 0.783. The first-order valence-electron chi connectivity index (χ1n) is 9.21. The standard InChI is InChI=1S/C19H28N4O3/c1-14(2)12-17-18(24)23(19(25)20-17)13-21-8-10-22(11-9-21)15-4-6-16(26-3)7-5-15/h4-7,14,17H,8-13H2,1-3H3,(H,20,25)/t17-/m0/s1. The lowest BCUT2D eigenvalue weighted by Crippen LogP contribution is -2.51. The van der Waals surface area contributed by atoms with Crippen molar-refractivity contribution in [2.24, 2.45) is 5.92 Å². The van der Waals surface area contributed by atoms with E-state index in [2.05, 4.69) is 41.1 Å². The third-order valence-electron chi connectivity index (χ3n) is 4.97. The van der Waals surface area contributed by atoms with Crippen LogP contribution in [0.3, 0.4) is 0 Å². The zero-order chi connectivity index (χ0) is 18.7. The van der Waals surface area contributed by atoms with Gasteiger partial charge in [-0.15, -0.1) is 0 Å². The summed E-state index contributed by atoms with van der Waals surface area (Å²) in [6, 6.07) is 7.40. The molecule has 2 heterocycles. The smallest absolute Gasteiger partial charge is 0.325 e. The molecule has 1 aromatic carbocycles. The number of carbonyl (C=O) groups excluding carboxylic acids is 2. The maximum Gasteiger partial charge on any atom is 0.325 e. The Hall–Kier alpha value is -2.28. The first-order valence-corrected chi connectivity index (χ1v) is 9.21. The van der Waals surface area contributed by atoms with E-state index in [1.165, 1.54) is 4.90 Å². The Morgan fingerprint density at radius 1 is 1.12 bits per heavy atom. The summed E-state index contributed by atoms with van der Waals surface area (Å²) < 4.78 is 5.20. The normalized spacial score (nSPS) is 21.5. The highest BCUT2D eigenvalue weighted by Gasteiger charge is 2.39. The van der Waals surface area contributed by atoms with Gasteiger partial charge in [0.1, 0.15) is 11.8 Å². The predicted molar refractivity (Wildman–Crippen MR) is 100 cm³/mol. The summed E-state index contributed by atoms with van der Waals surface area (Å²) in [4.78, 5) is 30.4. The fourth-order valence-corrected chi connectivity index (χ4v) is 3.48. The number of urea groups is 1. The highest BCUT2D eigenvalue weighted by molar-refractivity contribution is 6.04. The molecule has 1 atom stereocenters. The first-order chi connectivity index (χ1) is 12.5. The van der Waals surface area contributed by atoms with Gasteiger partial charge in [0, 0.05) is 31.9 Å². The van der Waals surface area contributed by atoms with Crippen LogP contribution in [0.1, 0.15) is 20.3 Å². The van der Waals surface area contributed by atoms with E-state index >= 15 is 0 Å². The predicted octanol–water partition coefficient (Wildman–Crippen LogP) is 1.74. The van der Waals surface area contributed by atoms with Crippen molar-refractivity contribution in [2.45, 2.75) is 26.3 Å². The van der Waals surface area contributed by atoms with E-state index in [9.17, 15) is 9.59 Å². The van der Waals surface area contributed by atoms with Crippen molar-refractivity contribution in [3.8, 4) is 5.75 Å². The Balaban J connectivity index is 1.52. The highest BCUT2D eigenvalue weighted by Crippen LogP contribution is 2.21. The number of ether oxygens (including phenoxy) is 1. The number of anilines is 1. The lowest BCUT2D eigenvalue weighted by Gasteiger charge is -2.37. The molecule has 1 N–H and O–H groups in total. The molecule has 0 unspecified atom stereocenters. The molecule has 0 aliphatic carbocycles. The Kier molecular flexibility index (Phi) is 5.66. The van der Waals surface area contributed by atoms with Gasteiger partial charge in [0.2, 0.25) is 0 Å². The van der Waals surface area contributed by atoms with Crippen molar-refractivity contribution in [3.63, 3.8) is 0 Å². The number of hydrogen-bond acceptors (Lipinski definition) is 5. The van der Waals surface area contributed by atoms with E-state index in [4.69, 9.17) is 4.74 Å². The number of hydrogen-bond donors (Lipinski definition) is 1. The molecule has 2 aliphatic heterocycles. The largest absolute Gasteiger partial charge is 0.497 e. The fraction of sp³-hybridized carbons (Fsp3) is 0.579. The average molecular weight is 360 g/mol. The molecule has 1 aromatic rings. The van der Waals surface area contributed by atoms with Crippen LogP contribution in [0.5, 0.6) is 5.75 Å². The van der Waals surface area contributed by atoms with Crippen LogP contribution in [0.4, 0.5) is 10.5 Å².